The molecular formula is C5H12N2O3S. The molecule has 2 N–H and O–H groups in total. The monoisotopic (exact) mass is 180 g/mol. The van der Waals surface area contributed by atoms with Crippen molar-refractivity contribution in [3.8, 4) is 0 Å². The van der Waals surface area contributed by atoms with Crippen LogP contribution in [0.25, 0.3) is 0 Å². The van der Waals surface area contributed by atoms with E-state index in [1.807, 2.05) is 4.72 Å². The number of amides is 1. The molecule has 11 heavy (non-hydrogen) atoms. The molecule has 0 saturated carbocycles. The van der Waals surface area contributed by atoms with Gasteiger partial charge in [0.2, 0.25) is 0 Å². The standard InChI is InChI=1S/C5H12N2O3S/c1-5(2,3)10-4(8)7-11(6)9/h11H,1-3H3,(H2,6,7,8,9). The Morgan fingerprint density at radius 3 is 2.27 bits per heavy atom. The minimum absolute atomic E-state index is 0.616. The molecule has 0 radical (unpaired) electrons. The van der Waals surface area contributed by atoms with Crippen LogP contribution in [0.2, 0.25) is 0 Å². The minimum Gasteiger partial charge on any atom is -0.443 e. The first-order valence-electron chi connectivity index (χ1n) is 2.99. The average molecular weight is 180 g/mol. The molecule has 66 valence electrons. The van der Waals surface area contributed by atoms with Crippen LogP contribution in [0, 0.1) is 4.78 Å². The fourth-order valence-corrected chi connectivity index (χ4v) is 0.595. The van der Waals surface area contributed by atoms with Gasteiger partial charge in [0.05, 0.1) is 0 Å². The van der Waals surface area contributed by atoms with Crippen molar-refractivity contribution in [1.29, 1.82) is 4.78 Å². The van der Waals surface area contributed by atoms with Gasteiger partial charge in [-0.2, -0.15) is 0 Å². The lowest BCUT2D eigenvalue weighted by atomic mass is 10.2. The second-order valence-electron chi connectivity index (χ2n) is 2.91. The van der Waals surface area contributed by atoms with E-state index >= 15 is 0 Å². The summed E-state index contributed by atoms with van der Waals surface area (Å²) in [4.78, 5) is 10.6. The maximum Gasteiger partial charge on any atom is 0.420 e. The molecule has 0 spiro atoms. The lowest BCUT2D eigenvalue weighted by Gasteiger charge is -2.18. The SMILES string of the molecule is CC(C)(C)OC(=O)N[SH](=N)=O. The second kappa shape index (κ2) is 3.56. The summed E-state index contributed by atoms with van der Waals surface area (Å²) in [6, 6.07) is 0. The molecule has 5 nitrogen and oxygen atoms in total. The zero-order chi connectivity index (χ0) is 9.07. The second-order valence-corrected chi connectivity index (χ2v) is 3.72. The number of nitrogens with one attached hydrogen (secondary N) is 2. The van der Waals surface area contributed by atoms with E-state index in [4.69, 9.17) is 9.52 Å². The van der Waals surface area contributed by atoms with Crippen molar-refractivity contribution < 1.29 is 13.7 Å². The van der Waals surface area contributed by atoms with Gasteiger partial charge in [-0.15, -0.1) is 0 Å². The van der Waals surface area contributed by atoms with Gasteiger partial charge in [0, 0.05) is 0 Å². The Balaban J connectivity index is 3.90. The third-order valence-electron chi connectivity index (χ3n) is 0.592. The molecule has 0 heterocycles. The highest BCUT2D eigenvalue weighted by atomic mass is 32.2. The first kappa shape index (κ1) is 10.2. The van der Waals surface area contributed by atoms with Gasteiger partial charge in [-0.3, -0.25) is 0 Å². The molecule has 0 aliphatic rings. The summed E-state index contributed by atoms with van der Waals surface area (Å²) >= 11 is 0. The van der Waals surface area contributed by atoms with Gasteiger partial charge in [0.15, 0.2) is 0 Å². The number of hydrogen-bond donors (Lipinski definition) is 3. The van der Waals surface area contributed by atoms with Crippen LogP contribution < -0.4 is 4.72 Å². The molecule has 0 aromatic carbocycles. The van der Waals surface area contributed by atoms with Gasteiger partial charge in [-0.25, -0.2) is 18.5 Å². The van der Waals surface area contributed by atoms with E-state index in [1.165, 1.54) is 0 Å². The third kappa shape index (κ3) is 7.11. The van der Waals surface area contributed by atoms with Crippen molar-refractivity contribution >= 4 is 16.9 Å². The summed E-state index contributed by atoms with van der Waals surface area (Å²) in [5.41, 5.74) is -0.616. The fraction of sp³-hybridized carbons (Fsp3) is 0.800. The molecule has 6 heteroatoms. The number of thiol groups is 1. The smallest absolute Gasteiger partial charge is 0.420 e. The molecule has 0 aliphatic heterocycles. The molecule has 0 bridgehead atoms. The quantitative estimate of drug-likeness (QED) is 0.519. The third-order valence-corrected chi connectivity index (χ3v) is 0.977. The van der Waals surface area contributed by atoms with Crippen molar-refractivity contribution in [2.24, 2.45) is 0 Å². The molecule has 1 atom stereocenters. The summed E-state index contributed by atoms with van der Waals surface area (Å²) < 4.78 is 23.2. The molecule has 1 amide bonds. The summed E-state index contributed by atoms with van der Waals surface area (Å²) in [5, 5.41) is 0. The first-order valence-corrected chi connectivity index (χ1v) is 4.25. The fourth-order valence-electron chi connectivity index (χ4n) is 0.384. The van der Waals surface area contributed by atoms with Crippen LogP contribution in [0.4, 0.5) is 4.79 Å². The number of ether oxygens (including phenoxy) is 1. The van der Waals surface area contributed by atoms with Crippen LogP contribution >= 0.6 is 0 Å². The Hall–Kier alpha value is -0.780. The number of carbonyl (C=O) groups is 1. The van der Waals surface area contributed by atoms with Gasteiger partial charge in [0.25, 0.3) is 0 Å². The van der Waals surface area contributed by atoms with Crippen molar-refractivity contribution in [2.45, 2.75) is 26.4 Å². The lowest BCUT2D eigenvalue weighted by Crippen LogP contribution is -2.31. The maximum atomic E-state index is 10.6. The largest absolute Gasteiger partial charge is 0.443 e. The Morgan fingerprint density at radius 1 is 1.55 bits per heavy atom. The van der Waals surface area contributed by atoms with Crippen LogP contribution in [-0.2, 0) is 15.5 Å². The predicted octanol–water partition coefficient (Wildman–Crippen LogP) is 0.669. The van der Waals surface area contributed by atoms with E-state index in [2.05, 4.69) is 0 Å². The normalized spacial score (nSPS) is 13.7. The molecule has 0 saturated heterocycles. The Bertz CT molecular complexity index is 208. The van der Waals surface area contributed by atoms with E-state index in [1.54, 1.807) is 20.8 Å². The summed E-state index contributed by atoms with van der Waals surface area (Å²) in [5.74, 6) is 0. The summed E-state index contributed by atoms with van der Waals surface area (Å²) in [7, 11) is -2.42. The van der Waals surface area contributed by atoms with Crippen molar-refractivity contribution in [3.05, 3.63) is 0 Å². The van der Waals surface area contributed by atoms with Crippen molar-refractivity contribution in [2.75, 3.05) is 0 Å². The van der Waals surface area contributed by atoms with Crippen LogP contribution in [0.5, 0.6) is 0 Å². The highest BCUT2D eigenvalue weighted by molar-refractivity contribution is 7.72. The van der Waals surface area contributed by atoms with Gasteiger partial charge < -0.3 is 4.74 Å². The van der Waals surface area contributed by atoms with Gasteiger partial charge >= 0.3 is 6.09 Å². The highest BCUT2D eigenvalue weighted by Crippen LogP contribution is 2.05. The van der Waals surface area contributed by atoms with E-state index in [0.717, 1.165) is 0 Å². The molecule has 0 rings (SSSR count). The molecular weight excluding hydrogens is 168 g/mol. The van der Waals surface area contributed by atoms with Crippen LogP contribution in [-0.4, -0.2) is 15.9 Å². The predicted molar refractivity (Wildman–Crippen MR) is 41.6 cm³/mol. The van der Waals surface area contributed by atoms with Gasteiger partial charge in [0.1, 0.15) is 16.4 Å². The van der Waals surface area contributed by atoms with E-state index in [-0.39, 0.29) is 0 Å². The van der Waals surface area contributed by atoms with Crippen molar-refractivity contribution in [3.63, 3.8) is 0 Å². The molecule has 1 unspecified atom stereocenters. The van der Waals surface area contributed by atoms with E-state index < -0.39 is 22.5 Å². The van der Waals surface area contributed by atoms with Crippen molar-refractivity contribution in [1.82, 2.24) is 4.72 Å². The summed E-state index contributed by atoms with van der Waals surface area (Å²) in [6.07, 6.45) is -0.825. The number of carbonyl (C=O) groups excluding carboxylic acids is 1. The molecule has 0 aromatic heterocycles. The average Bonchev–Trinajstić information content (AvgIpc) is 1.53. The number of rotatable bonds is 1. The first-order chi connectivity index (χ1) is 4.81. The maximum absolute atomic E-state index is 10.6. The Morgan fingerprint density at radius 2 is 2.00 bits per heavy atom. The van der Waals surface area contributed by atoms with E-state index in [0.29, 0.717) is 0 Å². The highest BCUT2D eigenvalue weighted by Gasteiger charge is 2.15. The molecule has 0 fully saturated rings. The lowest BCUT2D eigenvalue weighted by molar-refractivity contribution is 0.0573. The van der Waals surface area contributed by atoms with E-state index in [9.17, 15) is 9.00 Å². The molecule has 0 aliphatic carbocycles. The summed E-state index contributed by atoms with van der Waals surface area (Å²) in [6.45, 7) is 5.05. The Kier molecular flexibility index (Phi) is 3.31. The zero-order valence-electron chi connectivity index (χ0n) is 6.67. The Labute approximate surface area is 67.3 Å². The van der Waals surface area contributed by atoms with Gasteiger partial charge in [-0.1, -0.05) is 0 Å². The number of hydrogen-bond acceptors (Lipinski definition) is 4. The minimum atomic E-state index is -2.42. The van der Waals surface area contributed by atoms with Gasteiger partial charge in [-0.05, 0) is 20.8 Å². The van der Waals surface area contributed by atoms with Crippen LogP contribution in [0.1, 0.15) is 20.8 Å². The zero-order valence-corrected chi connectivity index (χ0v) is 7.57. The van der Waals surface area contributed by atoms with Crippen LogP contribution in [0.3, 0.4) is 0 Å². The topological polar surface area (TPSA) is 79.2 Å². The molecule has 0 aromatic rings. The van der Waals surface area contributed by atoms with Crippen LogP contribution in [0.15, 0.2) is 0 Å².